The number of hydrogen-bond donors (Lipinski definition) is 1. The van der Waals surface area contributed by atoms with E-state index in [4.69, 9.17) is 0 Å². The molecule has 1 N–H and O–H groups in total. The summed E-state index contributed by atoms with van der Waals surface area (Å²) in [6, 6.07) is 9.78. The van der Waals surface area contributed by atoms with Crippen LogP contribution in [0.25, 0.3) is 5.82 Å². The van der Waals surface area contributed by atoms with Gasteiger partial charge in [-0.2, -0.15) is 0 Å². The number of halogens is 1. The molecule has 0 aliphatic rings. The lowest BCUT2D eigenvalue weighted by atomic mass is 10.2. The Morgan fingerprint density at radius 2 is 1.90 bits per heavy atom. The van der Waals surface area contributed by atoms with Crippen LogP contribution in [0.1, 0.15) is 16.1 Å². The minimum atomic E-state index is -1.18. The quantitative estimate of drug-likeness (QED) is 0.795. The van der Waals surface area contributed by atoms with Crippen LogP contribution in [0.3, 0.4) is 0 Å². The highest BCUT2D eigenvalue weighted by molar-refractivity contribution is 5.88. The second kappa shape index (κ2) is 5.20. The second-order valence-corrected chi connectivity index (χ2v) is 4.41. The van der Waals surface area contributed by atoms with Gasteiger partial charge in [-0.25, -0.2) is 13.9 Å². The molecule has 0 saturated heterocycles. The van der Waals surface area contributed by atoms with E-state index in [1.165, 1.54) is 10.7 Å². The van der Waals surface area contributed by atoms with Gasteiger partial charge in [0, 0.05) is 18.0 Å². The van der Waals surface area contributed by atoms with Crippen LogP contribution in [-0.4, -0.2) is 30.6 Å². The molecule has 0 spiro atoms. The molecule has 3 aromatic rings. The fourth-order valence-corrected chi connectivity index (χ4v) is 2.07. The first-order chi connectivity index (χ1) is 10.2. The number of aromatic nitrogens is 4. The van der Waals surface area contributed by atoms with Gasteiger partial charge in [0.05, 0.1) is 6.54 Å². The summed E-state index contributed by atoms with van der Waals surface area (Å²) in [4.78, 5) is 11.2. The molecular formula is C14H11FN4O2. The minimum absolute atomic E-state index is 0.0977. The first-order valence-electron chi connectivity index (χ1n) is 6.20. The maximum Gasteiger partial charge on any atom is 0.360 e. The SMILES string of the molecule is O=C(O)c1nnn(Cc2ccccc2F)c1-n1cccc1. The Labute approximate surface area is 119 Å². The lowest BCUT2D eigenvalue weighted by Gasteiger charge is -2.08. The van der Waals surface area contributed by atoms with Crippen molar-refractivity contribution in [2.24, 2.45) is 0 Å². The monoisotopic (exact) mass is 286 g/mol. The summed E-state index contributed by atoms with van der Waals surface area (Å²) in [5.74, 6) is -1.27. The number of aromatic carboxylic acids is 1. The average Bonchev–Trinajstić information content (AvgIpc) is 3.09. The minimum Gasteiger partial charge on any atom is -0.476 e. The highest BCUT2D eigenvalue weighted by Crippen LogP contribution is 2.16. The van der Waals surface area contributed by atoms with E-state index in [1.807, 2.05) is 0 Å². The van der Waals surface area contributed by atoms with Crippen molar-refractivity contribution in [1.82, 2.24) is 19.6 Å². The Morgan fingerprint density at radius 1 is 1.19 bits per heavy atom. The third kappa shape index (κ3) is 2.40. The fourth-order valence-electron chi connectivity index (χ4n) is 2.07. The zero-order chi connectivity index (χ0) is 14.8. The van der Waals surface area contributed by atoms with Crippen LogP contribution in [0.5, 0.6) is 0 Å². The summed E-state index contributed by atoms with van der Waals surface area (Å²) in [5, 5.41) is 16.7. The van der Waals surface area contributed by atoms with Gasteiger partial charge in [0.25, 0.3) is 0 Å². The van der Waals surface area contributed by atoms with E-state index in [0.717, 1.165) is 0 Å². The second-order valence-electron chi connectivity index (χ2n) is 4.41. The zero-order valence-electron chi connectivity index (χ0n) is 10.8. The van der Waals surface area contributed by atoms with Gasteiger partial charge in [-0.15, -0.1) is 5.10 Å². The van der Waals surface area contributed by atoms with Crippen molar-refractivity contribution in [2.75, 3.05) is 0 Å². The summed E-state index contributed by atoms with van der Waals surface area (Å²) in [7, 11) is 0. The number of nitrogens with zero attached hydrogens (tertiary/aromatic N) is 4. The Hall–Kier alpha value is -2.96. The van der Waals surface area contributed by atoms with Crippen LogP contribution in [0, 0.1) is 5.82 Å². The van der Waals surface area contributed by atoms with Crippen molar-refractivity contribution in [3.63, 3.8) is 0 Å². The first-order valence-corrected chi connectivity index (χ1v) is 6.20. The number of carboxylic acids is 1. The fraction of sp³-hybridized carbons (Fsp3) is 0.0714. The molecular weight excluding hydrogens is 275 g/mol. The van der Waals surface area contributed by atoms with E-state index in [9.17, 15) is 14.3 Å². The molecule has 0 aliphatic heterocycles. The van der Waals surface area contributed by atoms with Crippen LogP contribution in [0.2, 0.25) is 0 Å². The van der Waals surface area contributed by atoms with E-state index in [1.54, 1.807) is 47.3 Å². The van der Waals surface area contributed by atoms with E-state index in [2.05, 4.69) is 10.3 Å². The molecule has 3 rings (SSSR count). The lowest BCUT2D eigenvalue weighted by molar-refractivity contribution is 0.0690. The van der Waals surface area contributed by atoms with Gasteiger partial charge in [-0.05, 0) is 18.2 Å². The smallest absolute Gasteiger partial charge is 0.360 e. The molecule has 0 atom stereocenters. The molecule has 0 saturated carbocycles. The van der Waals surface area contributed by atoms with Crippen molar-refractivity contribution in [3.8, 4) is 5.82 Å². The number of benzene rings is 1. The number of hydrogen-bond acceptors (Lipinski definition) is 3. The molecule has 7 heteroatoms. The third-order valence-electron chi connectivity index (χ3n) is 3.04. The molecule has 1 aromatic carbocycles. The molecule has 0 aliphatic carbocycles. The predicted molar refractivity (Wildman–Crippen MR) is 71.8 cm³/mol. The van der Waals surface area contributed by atoms with Crippen molar-refractivity contribution in [3.05, 3.63) is 65.9 Å². The molecule has 6 nitrogen and oxygen atoms in total. The van der Waals surface area contributed by atoms with Crippen LogP contribution >= 0.6 is 0 Å². The highest BCUT2D eigenvalue weighted by Gasteiger charge is 2.20. The van der Waals surface area contributed by atoms with E-state index < -0.39 is 5.97 Å². The molecule has 2 heterocycles. The molecule has 0 radical (unpaired) electrons. The average molecular weight is 286 g/mol. The van der Waals surface area contributed by atoms with Crippen molar-refractivity contribution >= 4 is 5.97 Å². The van der Waals surface area contributed by atoms with Crippen molar-refractivity contribution in [1.29, 1.82) is 0 Å². The van der Waals surface area contributed by atoms with Gasteiger partial charge in [0.1, 0.15) is 5.82 Å². The summed E-state index contributed by atoms with van der Waals surface area (Å²) in [5.41, 5.74) is 0.232. The van der Waals surface area contributed by atoms with Crippen LogP contribution < -0.4 is 0 Å². The van der Waals surface area contributed by atoms with E-state index in [-0.39, 0.29) is 23.9 Å². The Bertz CT molecular complexity index is 780. The summed E-state index contributed by atoms with van der Waals surface area (Å²) in [6.45, 7) is 0.0977. The summed E-state index contributed by atoms with van der Waals surface area (Å²) < 4.78 is 16.7. The van der Waals surface area contributed by atoms with Gasteiger partial charge >= 0.3 is 5.97 Å². The van der Waals surface area contributed by atoms with Crippen molar-refractivity contribution in [2.45, 2.75) is 6.54 Å². The van der Waals surface area contributed by atoms with E-state index >= 15 is 0 Å². The molecule has 0 unspecified atom stereocenters. The molecule has 21 heavy (non-hydrogen) atoms. The summed E-state index contributed by atoms with van der Waals surface area (Å²) in [6.07, 6.45) is 3.37. The molecule has 0 bridgehead atoms. The number of carboxylic acid groups (broad SMARTS) is 1. The zero-order valence-corrected chi connectivity index (χ0v) is 10.8. The van der Waals surface area contributed by atoms with Crippen LogP contribution in [-0.2, 0) is 6.54 Å². The highest BCUT2D eigenvalue weighted by atomic mass is 19.1. The van der Waals surface area contributed by atoms with Gasteiger partial charge in [-0.1, -0.05) is 23.4 Å². The van der Waals surface area contributed by atoms with Crippen LogP contribution in [0.4, 0.5) is 4.39 Å². The molecule has 0 amide bonds. The maximum atomic E-state index is 13.7. The number of rotatable bonds is 4. The standard InChI is InChI=1S/C14H11FN4O2/c15-11-6-2-1-5-10(11)9-19-13(18-7-3-4-8-18)12(14(20)21)16-17-19/h1-8H,9H2,(H,20,21). The third-order valence-corrected chi connectivity index (χ3v) is 3.04. The maximum absolute atomic E-state index is 13.7. The Morgan fingerprint density at radius 3 is 2.57 bits per heavy atom. The molecule has 0 fully saturated rings. The summed E-state index contributed by atoms with van der Waals surface area (Å²) >= 11 is 0. The van der Waals surface area contributed by atoms with Gasteiger partial charge in [-0.3, -0.25) is 0 Å². The topological polar surface area (TPSA) is 72.9 Å². The molecule has 2 aromatic heterocycles. The van der Waals surface area contributed by atoms with Gasteiger partial charge in [0.15, 0.2) is 5.82 Å². The Balaban J connectivity index is 2.08. The van der Waals surface area contributed by atoms with Gasteiger partial charge in [0.2, 0.25) is 5.69 Å². The first kappa shape index (κ1) is 13.0. The van der Waals surface area contributed by atoms with Crippen molar-refractivity contribution < 1.29 is 14.3 Å². The number of carbonyl (C=O) groups is 1. The Kier molecular flexibility index (Phi) is 3.23. The molecule has 106 valence electrons. The normalized spacial score (nSPS) is 10.7. The van der Waals surface area contributed by atoms with E-state index in [0.29, 0.717) is 5.56 Å². The largest absolute Gasteiger partial charge is 0.476 e. The van der Waals surface area contributed by atoms with Gasteiger partial charge < -0.3 is 9.67 Å². The predicted octanol–water partition coefficient (Wildman–Crippen LogP) is 1.95. The lowest BCUT2D eigenvalue weighted by Crippen LogP contribution is -2.11. The van der Waals surface area contributed by atoms with Crippen LogP contribution in [0.15, 0.2) is 48.8 Å².